The lowest BCUT2D eigenvalue weighted by Gasteiger charge is -2.44. The first-order valence-electron chi connectivity index (χ1n) is 9.03. The summed E-state index contributed by atoms with van der Waals surface area (Å²) in [4.78, 5) is 15.2. The van der Waals surface area contributed by atoms with Gasteiger partial charge in [0.05, 0.1) is 11.4 Å². The lowest BCUT2D eigenvalue weighted by Crippen LogP contribution is -2.58. The number of nitrogens with zero attached hydrogens (tertiary/aromatic N) is 1. The molecule has 130 valence electrons. The van der Waals surface area contributed by atoms with E-state index in [4.69, 9.17) is 0 Å². The van der Waals surface area contributed by atoms with E-state index in [2.05, 4.69) is 47.6 Å². The van der Waals surface area contributed by atoms with E-state index < -0.39 is 5.54 Å². The minimum absolute atomic E-state index is 0.109. The smallest absolute Gasteiger partial charge is 0.250 e. The summed E-state index contributed by atoms with van der Waals surface area (Å²) in [6.45, 7) is 7.18. The van der Waals surface area contributed by atoms with Gasteiger partial charge in [-0.2, -0.15) is 0 Å². The lowest BCUT2D eigenvalue weighted by atomic mass is 9.84. The monoisotopic (exact) mass is 335 g/mol. The van der Waals surface area contributed by atoms with Gasteiger partial charge < -0.3 is 10.6 Å². The number of aryl methyl sites for hydroxylation is 2. The van der Waals surface area contributed by atoms with Crippen molar-refractivity contribution in [1.29, 1.82) is 0 Å². The second-order valence-electron chi connectivity index (χ2n) is 7.35. The highest BCUT2D eigenvalue weighted by atomic mass is 16.2. The van der Waals surface area contributed by atoms with Gasteiger partial charge in [0, 0.05) is 19.6 Å². The third-order valence-corrected chi connectivity index (χ3v) is 5.72. The van der Waals surface area contributed by atoms with Gasteiger partial charge in [-0.3, -0.25) is 9.69 Å². The number of piperidine rings is 1. The zero-order chi connectivity index (χ0) is 17.4. The topological polar surface area (TPSA) is 44.4 Å². The molecule has 0 saturated carbocycles. The largest absolute Gasteiger partial charge is 0.369 e. The number of hydrogen-bond acceptors (Lipinski definition) is 3. The molecule has 2 N–H and O–H groups in total. The van der Waals surface area contributed by atoms with Gasteiger partial charge in [0.2, 0.25) is 5.91 Å². The van der Waals surface area contributed by atoms with Crippen LogP contribution in [0.5, 0.6) is 0 Å². The van der Waals surface area contributed by atoms with Crippen LogP contribution in [0.25, 0.3) is 0 Å². The SMILES string of the molecule is Cc1cccc(C)c1CN1CCC2(CC1)Nc1ccccc1NC2=O. The van der Waals surface area contributed by atoms with E-state index in [1.54, 1.807) is 0 Å². The molecule has 0 aliphatic carbocycles. The molecule has 0 bridgehead atoms. The number of carbonyl (C=O) groups excluding carboxylic acids is 1. The van der Waals surface area contributed by atoms with Crippen molar-refractivity contribution in [2.75, 3.05) is 23.7 Å². The van der Waals surface area contributed by atoms with Gasteiger partial charge in [0.1, 0.15) is 5.54 Å². The highest BCUT2D eigenvalue weighted by Crippen LogP contribution is 2.36. The first-order valence-corrected chi connectivity index (χ1v) is 9.03. The number of benzene rings is 2. The summed E-state index contributed by atoms with van der Waals surface area (Å²) in [5.41, 5.74) is 5.57. The zero-order valence-electron chi connectivity index (χ0n) is 14.9. The summed E-state index contributed by atoms with van der Waals surface area (Å²) < 4.78 is 0. The Morgan fingerprint density at radius 1 is 0.960 bits per heavy atom. The molecule has 4 heteroatoms. The molecule has 2 aromatic rings. The number of rotatable bonds is 2. The van der Waals surface area contributed by atoms with Crippen LogP contribution in [0.3, 0.4) is 0 Å². The maximum Gasteiger partial charge on any atom is 0.250 e. The van der Waals surface area contributed by atoms with E-state index in [1.165, 1.54) is 16.7 Å². The first-order chi connectivity index (χ1) is 12.1. The van der Waals surface area contributed by atoms with E-state index in [0.717, 1.165) is 43.9 Å². The number of anilines is 2. The minimum Gasteiger partial charge on any atom is -0.369 e. The average molecular weight is 335 g/mol. The Morgan fingerprint density at radius 3 is 2.28 bits per heavy atom. The molecule has 1 spiro atoms. The summed E-state index contributed by atoms with van der Waals surface area (Å²) in [6.07, 6.45) is 1.66. The molecular weight excluding hydrogens is 310 g/mol. The van der Waals surface area contributed by atoms with Crippen molar-refractivity contribution in [3.05, 3.63) is 59.2 Å². The third-order valence-electron chi connectivity index (χ3n) is 5.72. The molecule has 0 aromatic heterocycles. The van der Waals surface area contributed by atoms with Crippen molar-refractivity contribution in [3.8, 4) is 0 Å². The Bertz CT molecular complexity index is 786. The van der Waals surface area contributed by atoms with E-state index in [9.17, 15) is 4.79 Å². The van der Waals surface area contributed by atoms with Crippen LogP contribution in [0.2, 0.25) is 0 Å². The number of amides is 1. The number of carbonyl (C=O) groups is 1. The Morgan fingerprint density at radius 2 is 1.60 bits per heavy atom. The number of likely N-dealkylation sites (tertiary alicyclic amines) is 1. The fourth-order valence-corrected chi connectivity index (χ4v) is 4.02. The van der Waals surface area contributed by atoms with Gasteiger partial charge in [0.15, 0.2) is 0 Å². The van der Waals surface area contributed by atoms with Gasteiger partial charge in [-0.25, -0.2) is 0 Å². The van der Waals surface area contributed by atoms with Crippen molar-refractivity contribution in [2.45, 2.75) is 38.8 Å². The number of para-hydroxylation sites is 2. The molecule has 1 amide bonds. The summed E-state index contributed by atoms with van der Waals surface area (Å²) in [5.74, 6) is 0.109. The van der Waals surface area contributed by atoms with E-state index >= 15 is 0 Å². The highest BCUT2D eigenvalue weighted by Gasteiger charge is 2.44. The average Bonchev–Trinajstić information content (AvgIpc) is 2.61. The molecular formula is C21H25N3O. The molecule has 0 radical (unpaired) electrons. The second-order valence-corrected chi connectivity index (χ2v) is 7.35. The summed E-state index contributed by atoms with van der Waals surface area (Å²) in [6, 6.07) is 14.4. The van der Waals surface area contributed by atoms with Gasteiger partial charge in [-0.1, -0.05) is 30.3 Å². The minimum atomic E-state index is -0.467. The number of fused-ring (bicyclic) bond motifs is 1. The fourth-order valence-electron chi connectivity index (χ4n) is 4.02. The normalized spacial score (nSPS) is 19.2. The molecule has 0 unspecified atom stereocenters. The predicted octanol–water partition coefficient (Wildman–Crippen LogP) is 3.70. The highest BCUT2D eigenvalue weighted by molar-refractivity contribution is 6.06. The van der Waals surface area contributed by atoms with E-state index in [-0.39, 0.29) is 5.91 Å². The molecule has 2 heterocycles. The summed E-state index contributed by atoms with van der Waals surface area (Å²) in [5, 5.41) is 6.61. The van der Waals surface area contributed by atoms with Gasteiger partial charge in [-0.05, 0) is 55.5 Å². The van der Waals surface area contributed by atoms with Gasteiger partial charge >= 0.3 is 0 Å². The molecule has 1 saturated heterocycles. The van der Waals surface area contributed by atoms with Crippen LogP contribution >= 0.6 is 0 Å². The standard InChI is InChI=1S/C21H25N3O/c1-15-6-5-7-16(2)17(15)14-24-12-10-21(11-13-24)20(25)22-18-8-3-4-9-19(18)23-21/h3-9,23H,10-14H2,1-2H3,(H,22,25). The van der Waals surface area contributed by atoms with Crippen LogP contribution in [-0.4, -0.2) is 29.4 Å². The van der Waals surface area contributed by atoms with Crippen molar-refractivity contribution in [3.63, 3.8) is 0 Å². The van der Waals surface area contributed by atoms with Crippen molar-refractivity contribution in [1.82, 2.24) is 4.90 Å². The second kappa shape index (κ2) is 6.19. The Hall–Kier alpha value is -2.33. The van der Waals surface area contributed by atoms with Crippen molar-refractivity contribution < 1.29 is 4.79 Å². The number of hydrogen-bond donors (Lipinski definition) is 2. The molecule has 2 aliphatic heterocycles. The van der Waals surface area contributed by atoms with Crippen LogP contribution in [-0.2, 0) is 11.3 Å². The van der Waals surface area contributed by atoms with Crippen LogP contribution in [0.4, 0.5) is 11.4 Å². The van der Waals surface area contributed by atoms with Gasteiger partial charge in [0.25, 0.3) is 0 Å². The fraction of sp³-hybridized carbons (Fsp3) is 0.381. The predicted molar refractivity (Wildman–Crippen MR) is 102 cm³/mol. The molecule has 2 aromatic carbocycles. The van der Waals surface area contributed by atoms with Crippen molar-refractivity contribution >= 4 is 17.3 Å². The van der Waals surface area contributed by atoms with Crippen LogP contribution in [0, 0.1) is 13.8 Å². The Balaban J connectivity index is 1.47. The molecule has 25 heavy (non-hydrogen) atoms. The molecule has 4 rings (SSSR count). The summed E-state index contributed by atoms with van der Waals surface area (Å²) in [7, 11) is 0. The van der Waals surface area contributed by atoms with Crippen LogP contribution < -0.4 is 10.6 Å². The molecule has 4 nitrogen and oxygen atoms in total. The van der Waals surface area contributed by atoms with E-state index in [0.29, 0.717) is 0 Å². The zero-order valence-corrected chi connectivity index (χ0v) is 14.9. The van der Waals surface area contributed by atoms with E-state index in [1.807, 2.05) is 24.3 Å². The molecule has 1 fully saturated rings. The summed E-state index contributed by atoms with van der Waals surface area (Å²) >= 11 is 0. The van der Waals surface area contributed by atoms with Crippen LogP contribution in [0.15, 0.2) is 42.5 Å². The first kappa shape index (κ1) is 16.2. The van der Waals surface area contributed by atoms with Crippen LogP contribution in [0.1, 0.15) is 29.5 Å². The maximum atomic E-state index is 12.7. The molecule has 2 aliphatic rings. The maximum absolute atomic E-state index is 12.7. The molecule has 0 atom stereocenters. The van der Waals surface area contributed by atoms with Crippen molar-refractivity contribution in [2.24, 2.45) is 0 Å². The third kappa shape index (κ3) is 2.91. The lowest BCUT2D eigenvalue weighted by molar-refractivity contribution is -0.122. The quantitative estimate of drug-likeness (QED) is 0.879. The Kier molecular flexibility index (Phi) is 4.00. The number of nitrogens with one attached hydrogen (secondary N) is 2. The van der Waals surface area contributed by atoms with Gasteiger partial charge in [-0.15, -0.1) is 0 Å². The Labute approximate surface area is 149 Å².